The molecule has 0 spiro atoms. The summed E-state index contributed by atoms with van der Waals surface area (Å²) in [6.45, 7) is 1.77. The maximum Gasteiger partial charge on any atom is 0.253 e. The highest BCUT2D eigenvalue weighted by atomic mass is 35.5. The number of primary sulfonamides is 1. The Morgan fingerprint density at radius 3 is 2.26 bits per heavy atom. The fourth-order valence-corrected chi connectivity index (χ4v) is 2.99. The fourth-order valence-electron chi connectivity index (χ4n) is 1.98. The molecule has 5 nitrogen and oxygen atoms in total. The number of carbonyl (C=O) groups is 1. The zero-order chi connectivity index (χ0) is 17.2. The number of hydrogen-bond acceptors (Lipinski definition) is 3. The van der Waals surface area contributed by atoms with Crippen LogP contribution in [0, 0.1) is 0 Å². The minimum absolute atomic E-state index is 0.0144. The van der Waals surface area contributed by atoms with E-state index in [9.17, 15) is 13.2 Å². The molecule has 23 heavy (non-hydrogen) atoms. The fraction of sp³-hybridized carbons (Fsp3) is 0.133. The van der Waals surface area contributed by atoms with Gasteiger partial charge in [0.1, 0.15) is 0 Å². The number of benzene rings is 2. The summed E-state index contributed by atoms with van der Waals surface area (Å²) in [5.74, 6) is -0.352. The van der Waals surface area contributed by atoms with Crippen LogP contribution in [0.2, 0.25) is 10.0 Å². The zero-order valence-corrected chi connectivity index (χ0v) is 14.4. The highest BCUT2D eigenvalue weighted by Crippen LogP contribution is 2.22. The first-order valence-electron chi connectivity index (χ1n) is 6.57. The summed E-state index contributed by atoms with van der Waals surface area (Å²) in [4.78, 5) is 12.2. The van der Waals surface area contributed by atoms with Gasteiger partial charge < -0.3 is 5.32 Å². The van der Waals surface area contributed by atoms with E-state index in [1.165, 1.54) is 24.3 Å². The first kappa shape index (κ1) is 17.7. The highest BCUT2D eigenvalue weighted by Gasteiger charge is 2.15. The second-order valence-electron chi connectivity index (χ2n) is 4.93. The highest BCUT2D eigenvalue weighted by molar-refractivity contribution is 7.89. The molecule has 0 aromatic heterocycles. The molecular formula is C15H14Cl2N2O3S. The number of hydrogen-bond donors (Lipinski definition) is 2. The molecule has 0 aliphatic heterocycles. The second kappa shape index (κ2) is 6.88. The molecule has 0 bridgehead atoms. The smallest absolute Gasteiger partial charge is 0.253 e. The lowest BCUT2D eigenvalue weighted by atomic mass is 10.1. The Hall–Kier alpha value is -1.60. The average Bonchev–Trinajstić information content (AvgIpc) is 2.46. The summed E-state index contributed by atoms with van der Waals surface area (Å²) in [7, 11) is -3.74. The van der Waals surface area contributed by atoms with E-state index in [1.807, 2.05) is 0 Å². The van der Waals surface area contributed by atoms with E-state index in [0.717, 1.165) is 5.56 Å². The zero-order valence-electron chi connectivity index (χ0n) is 12.1. The Balaban J connectivity index is 2.15. The van der Waals surface area contributed by atoms with Crippen molar-refractivity contribution in [1.82, 2.24) is 5.32 Å². The second-order valence-corrected chi connectivity index (χ2v) is 7.34. The molecule has 2 aromatic carbocycles. The van der Waals surface area contributed by atoms with E-state index in [4.69, 9.17) is 28.3 Å². The normalized spacial score (nSPS) is 12.7. The topological polar surface area (TPSA) is 89.3 Å². The van der Waals surface area contributed by atoms with Crippen LogP contribution in [0.3, 0.4) is 0 Å². The maximum absolute atomic E-state index is 12.2. The number of amides is 1. The molecule has 0 aliphatic carbocycles. The molecule has 0 aliphatic rings. The van der Waals surface area contributed by atoms with Gasteiger partial charge in [0.2, 0.25) is 10.0 Å². The monoisotopic (exact) mass is 372 g/mol. The minimum atomic E-state index is -3.74. The Morgan fingerprint density at radius 1 is 1.13 bits per heavy atom. The third-order valence-electron chi connectivity index (χ3n) is 3.23. The lowest BCUT2D eigenvalue weighted by Crippen LogP contribution is -2.27. The van der Waals surface area contributed by atoms with Crippen LogP contribution in [-0.2, 0) is 10.0 Å². The summed E-state index contributed by atoms with van der Waals surface area (Å²) in [6, 6.07) is 10.2. The quantitative estimate of drug-likeness (QED) is 0.863. The molecule has 2 aromatic rings. The number of sulfonamides is 1. The molecule has 0 heterocycles. The number of nitrogens with two attached hydrogens (primary N) is 1. The van der Waals surface area contributed by atoms with Gasteiger partial charge in [-0.2, -0.15) is 0 Å². The third-order valence-corrected chi connectivity index (χ3v) is 4.71. The van der Waals surface area contributed by atoms with Gasteiger partial charge in [-0.1, -0.05) is 35.3 Å². The van der Waals surface area contributed by atoms with Crippen molar-refractivity contribution in [3.8, 4) is 0 Å². The van der Waals surface area contributed by atoms with Crippen LogP contribution in [0.25, 0.3) is 0 Å². The molecule has 0 unspecified atom stereocenters. The van der Waals surface area contributed by atoms with Crippen molar-refractivity contribution in [3.05, 3.63) is 63.6 Å². The Morgan fingerprint density at radius 2 is 1.74 bits per heavy atom. The third kappa shape index (κ3) is 4.45. The summed E-state index contributed by atoms with van der Waals surface area (Å²) in [5, 5.41) is 8.53. The molecular weight excluding hydrogens is 359 g/mol. The lowest BCUT2D eigenvalue weighted by molar-refractivity contribution is 0.0940. The molecule has 0 saturated heterocycles. The van der Waals surface area contributed by atoms with Crippen molar-refractivity contribution >= 4 is 39.1 Å². The number of rotatable bonds is 4. The maximum atomic E-state index is 12.2. The molecule has 1 amide bonds. The van der Waals surface area contributed by atoms with Crippen molar-refractivity contribution in [2.24, 2.45) is 5.14 Å². The summed E-state index contributed by atoms with van der Waals surface area (Å²) >= 11 is 11.8. The van der Waals surface area contributed by atoms with Crippen molar-refractivity contribution in [2.45, 2.75) is 17.9 Å². The van der Waals surface area contributed by atoms with E-state index in [1.54, 1.807) is 25.1 Å². The summed E-state index contributed by atoms with van der Waals surface area (Å²) in [5.41, 5.74) is 1.04. The van der Waals surface area contributed by atoms with E-state index < -0.39 is 10.0 Å². The molecule has 3 N–H and O–H groups in total. The van der Waals surface area contributed by atoms with Gasteiger partial charge in [0.25, 0.3) is 5.91 Å². The number of carbonyl (C=O) groups excluding carboxylic acids is 1. The van der Waals surface area contributed by atoms with Crippen LogP contribution in [0.15, 0.2) is 47.4 Å². The molecule has 0 saturated carbocycles. The van der Waals surface area contributed by atoms with Crippen LogP contribution in [-0.4, -0.2) is 14.3 Å². The summed E-state index contributed by atoms with van der Waals surface area (Å²) in [6.07, 6.45) is 0. The molecule has 122 valence electrons. The van der Waals surface area contributed by atoms with Crippen LogP contribution in [0.1, 0.15) is 28.9 Å². The standard InChI is InChI=1S/C15H14Cl2N2O3S/c1-9(10-2-5-12(6-3-10)23(18,21)22)19-15(20)13-7-4-11(16)8-14(13)17/h2-9H,1H3,(H,19,20)(H2,18,21,22)/t9-/m1/s1. The Bertz CT molecular complexity index is 836. The van der Waals surface area contributed by atoms with Gasteiger partial charge in [-0.3, -0.25) is 4.79 Å². The SMILES string of the molecule is C[C@@H](NC(=O)c1ccc(Cl)cc1Cl)c1ccc(S(N)(=O)=O)cc1. The molecule has 0 fully saturated rings. The first-order valence-corrected chi connectivity index (χ1v) is 8.87. The van der Waals surface area contributed by atoms with Gasteiger partial charge >= 0.3 is 0 Å². The van der Waals surface area contributed by atoms with Gasteiger partial charge in [0, 0.05) is 5.02 Å². The lowest BCUT2D eigenvalue weighted by Gasteiger charge is -2.15. The predicted octanol–water partition coefficient (Wildman–Crippen LogP) is 3.13. The van der Waals surface area contributed by atoms with Gasteiger partial charge in [-0.25, -0.2) is 13.6 Å². The predicted molar refractivity (Wildman–Crippen MR) is 90.2 cm³/mol. The van der Waals surface area contributed by atoms with Crippen molar-refractivity contribution < 1.29 is 13.2 Å². The van der Waals surface area contributed by atoms with Crippen molar-refractivity contribution in [1.29, 1.82) is 0 Å². The van der Waals surface area contributed by atoms with Crippen LogP contribution in [0.5, 0.6) is 0 Å². The van der Waals surface area contributed by atoms with Crippen molar-refractivity contribution in [2.75, 3.05) is 0 Å². The Kier molecular flexibility index (Phi) is 5.31. The largest absolute Gasteiger partial charge is 0.345 e. The van der Waals surface area contributed by atoms with Crippen LogP contribution in [0.4, 0.5) is 0 Å². The van der Waals surface area contributed by atoms with Crippen LogP contribution < -0.4 is 10.5 Å². The van der Waals surface area contributed by atoms with E-state index in [0.29, 0.717) is 10.6 Å². The van der Waals surface area contributed by atoms with Crippen LogP contribution >= 0.6 is 23.2 Å². The minimum Gasteiger partial charge on any atom is -0.345 e. The molecule has 0 radical (unpaired) electrons. The molecule has 1 atom stereocenters. The Labute approximate surface area is 144 Å². The molecule has 8 heteroatoms. The van der Waals surface area contributed by atoms with Gasteiger partial charge in [0.15, 0.2) is 0 Å². The van der Waals surface area contributed by atoms with E-state index in [2.05, 4.69) is 5.32 Å². The molecule has 2 rings (SSSR count). The number of halogens is 2. The van der Waals surface area contributed by atoms with Gasteiger partial charge in [-0.15, -0.1) is 0 Å². The van der Waals surface area contributed by atoms with E-state index >= 15 is 0 Å². The average molecular weight is 373 g/mol. The van der Waals surface area contributed by atoms with Gasteiger partial charge in [0.05, 0.1) is 21.5 Å². The first-order chi connectivity index (χ1) is 10.7. The van der Waals surface area contributed by atoms with Crippen molar-refractivity contribution in [3.63, 3.8) is 0 Å². The van der Waals surface area contributed by atoms with Gasteiger partial charge in [-0.05, 0) is 42.8 Å². The number of nitrogens with one attached hydrogen (secondary N) is 1. The van der Waals surface area contributed by atoms with E-state index in [-0.39, 0.29) is 21.9 Å². The summed E-state index contributed by atoms with van der Waals surface area (Å²) < 4.78 is 22.4.